The summed E-state index contributed by atoms with van der Waals surface area (Å²) >= 11 is 0. The number of anilines is 2. The summed E-state index contributed by atoms with van der Waals surface area (Å²) in [6.45, 7) is 10.3. The number of carbonyl (C=O) groups is 1. The van der Waals surface area contributed by atoms with Crippen molar-refractivity contribution in [1.82, 2.24) is 19.8 Å². The van der Waals surface area contributed by atoms with Crippen LogP contribution in [0.2, 0.25) is 0 Å². The van der Waals surface area contributed by atoms with Gasteiger partial charge in [0.25, 0.3) is 16.0 Å². The molecule has 24 nitrogen and oxygen atoms in total. The normalized spacial score (nSPS) is 19.2. The number of aliphatic imine (C=N–C) groups is 1. The molecule has 3 atom stereocenters. The SMILES string of the molecule is CC1(C)CN(c2ccc(C(=O)NCCOCC#Cc3cn(C4CCC(CP(OOO)(OOO)(P(=O)=O)P(=O)=O)O4)c4c3C(N)NC=N4)cc2)c2c1c1c(c3ccccc23)C=c2c(c3c(c4ccccc24)=[N+](c2ccc(S(=O)(=O)O)cc2)CC3(C)C)O1. The van der Waals surface area contributed by atoms with Gasteiger partial charge < -0.3 is 15.0 Å². The fourth-order valence-corrected chi connectivity index (χ4v) is 19.4. The Labute approximate surface area is 491 Å². The minimum atomic E-state index is -6.16. The van der Waals surface area contributed by atoms with Crippen molar-refractivity contribution in [2.75, 3.05) is 43.9 Å². The van der Waals surface area contributed by atoms with Crippen LogP contribution in [0.5, 0.6) is 11.5 Å². The molecule has 6 aromatic carbocycles. The minimum absolute atomic E-state index is 0.0259. The fourth-order valence-electron chi connectivity index (χ4n) is 12.6. The maximum Gasteiger partial charge on any atom is 0.294 e. The Balaban J connectivity index is 0.749. The summed E-state index contributed by atoms with van der Waals surface area (Å²) in [4.78, 5) is 20.1. The van der Waals surface area contributed by atoms with Gasteiger partial charge in [-0.1, -0.05) is 56.3 Å². The number of nitrogens with one attached hydrogen (secondary N) is 2. The number of aromatic nitrogens is 1. The van der Waals surface area contributed by atoms with Crippen LogP contribution >= 0.6 is 21.2 Å². The van der Waals surface area contributed by atoms with Crippen LogP contribution in [0.25, 0.3) is 27.6 Å². The van der Waals surface area contributed by atoms with Gasteiger partial charge in [0, 0.05) is 63.6 Å². The third-order valence-electron chi connectivity index (χ3n) is 16.4. The quantitative estimate of drug-likeness (QED) is 0.00939. The van der Waals surface area contributed by atoms with Crippen molar-refractivity contribution in [3.05, 3.63) is 147 Å². The zero-order valence-corrected chi connectivity index (χ0v) is 50.0. The van der Waals surface area contributed by atoms with E-state index in [0.717, 1.165) is 77.4 Å². The summed E-state index contributed by atoms with van der Waals surface area (Å²) in [5.74, 6) is 7.62. The molecule has 0 radical (unpaired) electrons. The number of hydrogen-bond acceptors (Lipinski definition) is 20. The molecule has 1 saturated heterocycles. The van der Waals surface area contributed by atoms with Gasteiger partial charge in [0.15, 0.2) is 6.54 Å². The summed E-state index contributed by atoms with van der Waals surface area (Å²) in [5, 5.41) is 36.9. The standard InChI is InChI=1S/C58H56N7O17P3S/c1-57(2)31-64(50-42-13-7-5-11-40(42)44-28-45-41-12-6-8-14-43(41)51-49(53(45)78-52(44)48(50)57)58(3,4)32-65(51)37-19-22-39(23-20-37)86(73,74)75)36-17-15-34(16-18-36)56(66)60-25-27-76-26-9-10-35-29-63(55-47(35)54(59)61-33-62-55)46-24-21-38(77-46)30-85(81-79-67,82-80-68,83(69)70)84(71)72/h5-8,11-20,22-23,28-29,33,38,46,54H,21,24-27,30-32,59H2,1-4H3,(H4-,60,61,62,66,67,68,73,74,75)/p+1. The zero-order chi connectivity index (χ0) is 60.7. The first-order valence-corrected chi connectivity index (χ1v) is 34.6. The molecule has 28 heteroatoms. The summed E-state index contributed by atoms with van der Waals surface area (Å²) < 4.78 is 115. The number of carbonyl (C=O) groups excluding carboxylic acids is 1. The Morgan fingerprint density at radius 1 is 0.884 bits per heavy atom. The number of benzene rings is 6. The number of hydrogen-bond donors (Lipinski definition) is 6. The predicted octanol–water partition coefficient (Wildman–Crippen LogP) is 9.62. The molecule has 446 valence electrons. The van der Waals surface area contributed by atoms with Crippen molar-refractivity contribution in [1.29, 1.82) is 0 Å². The minimum Gasteiger partial charge on any atom is -0.455 e. The largest absolute Gasteiger partial charge is 0.455 e. The van der Waals surface area contributed by atoms with Crippen molar-refractivity contribution in [3.8, 4) is 23.3 Å². The van der Waals surface area contributed by atoms with E-state index in [1.165, 1.54) is 18.5 Å². The molecule has 1 amide bonds. The summed E-state index contributed by atoms with van der Waals surface area (Å²) in [7, 11) is -12.8. The van der Waals surface area contributed by atoms with Crippen LogP contribution in [0.1, 0.15) is 91.1 Å². The van der Waals surface area contributed by atoms with Gasteiger partial charge >= 0.3 is 191 Å². The topological polar surface area (TPSA) is 318 Å². The van der Waals surface area contributed by atoms with Gasteiger partial charge in [-0.25, -0.2) is 0 Å². The fraction of sp³-hybridized carbons (Fsp3) is 0.293. The van der Waals surface area contributed by atoms with Crippen molar-refractivity contribution in [2.24, 2.45) is 10.7 Å². The van der Waals surface area contributed by atoms with E-state index < -0.39 is 66.8 Å². The van der Waals surface area contributed by atoms with Gasteiger partial charge in [-0.3, -0.25) is 9.35 Å². The zero-order valence-electron chi connectivity index (χ0n) is 46.5. The Hall–Kier alpha value is -7.33. The van der Waals surface area contributed by atoms with Crippen LogP contribution in [-0.2, 0) is 68.1 Å². The van der Waals surface area contributed by atoms with Gasteiger partial charge in [-0.05, 0) is 73.2 Å². The third kappa shape index (κ3) is 9.80. The van der Waals surface area contributed by atoms with Crippen LogP contribution in [0.15, 0.2) is 113 Å². The second-order valence-corrected chi connectivity index (χ2v) is 35.6. The van der Waals surface area contributed by atoms with Crippen LogP contribution in [0.4, 0.5) is 22.9 Å². The first-order valence-electron chi connectivity index (χ1n) is 27.1. The van der Waals surface area contributed by atoms with Crippen molar-refractivity contribution in [3.63, 3.8) is 0 Å². The second-order valence-electron chi connectivity index (χ2n) is 22.7. The van der Waals surface area contributed by atoms with E-state index in [1.807, 2.05) is 36.4 Å². The van der Waals surface area contributed by atoms with Gasteiger partial charge in [0.1, 0.15) is 11.5 Å². The molecule has 1 aromatic heterocycles. The number of ether oxygens (including phenoxy) is 3. The van der Waals surface area contributed by atoms with E-state index in [2.05, 4.69) is 114 Å². The molecular weight excluding hydrogens is 1190 g/mol. The Bertz CT molecular complexity index is 4450. The molecule has 0 spiro atoms. The molecule has 7 aromatic rings. The Morgan fingerprint density at radius 2 is 1.56 bits per heavy atom. The van der Waals surface area contributed by atoms with Gasteiger partial charge in [-0.2, -0.15) is 13.0 Å². The average Bonchev–Trinajstić information content (AvgIpc) is 1.42. The van der Waals surface area contributed by atoms with Gasteiger partial charge in [0.2, 0.25) is 11.0 Å². The van der Waals surface area contributed by atoms with Crippen LogP contribution in [0, 0.1) is 11.8 Å². The van der Waals surface area contributed by atoms with Crippen molar-refractivity contribution < 1.29 is 80.2 Å². The Kier molecular flexibility index (Phi) is 15.2. The maximum absolute atomic E-state index is 13.5. The molecule has 5 aliphatic heterocycles. The molecule has 0 saturated carbocycles. The summed E-state index contributed by atoms with van der Waals surface area (Å²) in [6, 6.07) is 30.4. The molecule has 0 bridgehead atoms. The smallest absolute Gasteiger partial charge is 0.294 e. The van der Waals surface area contributed by atoms with Crippen LogP contribution in [0.3, 0.4) is 0 Å². The molecule has 3 unspecified atom stereocenters. The van der Waals surface area contributed by atoms with Gasteiger partial charge in [0.05, 0.1) is 26.9 Å². The van der Waals surface area contributed by atoms with E-state index in [-0.39, 0.29) is 43.4 Å². The predicted molar refractivity (Wildman–Crippen MR) is 316 cm³/mol. The molecule has 7 N–H and O–H groups in total. The second kappa shape index (κ2) is 22.1. The van der Waals surface area contributed by atoms with Crippen LogP contribution < -0.4 is 41.2 Å². The Morgan fingerprint density at radius 3 is 2.23 bits per heavy atom. The molecule has 1 fully saturated rings. The monoisotopic (exact) mass is 1250 g/mol. The van der Waals surface area contributed by atoms with E-state index >= 15 is 0 Å². The molecule has 5 aliphatic rings. The molecule has 86 heavy (non-hydrogen) atoms. The summed E-state index contributed by atoms with van der Waals surface area (Å²) in [6.07, 6.45) is -4.42. The summed E-state index contributed by atoms with van der Waals surface area (Å²) in [5.41, 5.74) is 12.8. The van der Waals surface area contributed by atoms with E-state index in [0.29, 0.717) is 35.6 Å². The van der Waals surface area contributed by atoms with Crippen LogP contribution in [-0.4, -0.2) is 85.4 Å². The first-order chi connectivity index (χ1) is 41.1. The van der Waals surface area contributed by atoms with Crippen molar-refractivity contribution in [2.45, 2.75) is 74.8 Å². The van der Waals surface area contributed by atoms with E-state index in [4.69, 9.17) is 30.5 Å². The average molecular weight is 1250 g/mol. The number of rotatable bonds is 17. The third-order valence-corrected chi connectivity index (χ3v) is 28.6. The maximum atomic E-state index is 13.5. The molecule has 12 rings (SSSR count). The number of nitrogens with two attached hydrogens (primary N) is 1. The number of fused-ring (bicyclic) bond motifs is 13. The van der Waals surface area contributed by atoms with Crippen molar-refractivity contribution >= 4 is 94.0 Å². The molecule has 6 heterocycles. The molecule has 0 aliphatic carbocycles. The molecular formula is C58H57N7O17P3S+. The first kappa shape index (κ1) is 59.0. The number of amides is 1. The van der Waals surface area contributed by atoms with E-state index in [9.17, 15) is 36.0 Å². The van der Waals surface area contributed by atoms with E-state index in [1.54, 1.807) is 35.0 Å². The van der Waals surface area contributed by atoms with Gasteiger partial charge in [-0.15, -0.1) is 0 Å². The number of nitrogens with zero attached hydrogens (tertiary/aromatic N) is 4.